The van der Waals surface area contributed by atoms with Gasteiger partial charge in [0.2, 0.25) is 0 Å². The second-order valence-corrected chi connectivity index (χ2v) is 7.56. The quantitative estimate of drug-likeness (QED) is 0.752. The summed E-state index contributed by atoms with van der Waals surface area (Å²) in [4.78, 5) is 0. The number of aliphatic hydroxyl groups is 1. The first kappa shape index (κ1) is 17.2. The smallest absolute Gasteiger partial charge is 0.157 e. The summed E-state index contributed by atoms with van der Waals surface area (Å²) in [6, 6.07) is 0. The highest BCUT2D eigenvalue weighted by Crippen LogP contribution is 2.43. The molecule has 0 aromatic heterocycles. The molecule has 0 amide bonds. The van der Waals surface area contributed by atoms with Crippen LogP contribution in [0.4, 0.5) is 8.78 Å². The Kier molecular flexibility index (Phi) is 6.46. The molecular weight excluding hydrogens is 270 g/mol. The number of hydrogen-bond donors (Lipinski definition) is 1. The second-order valence-electron chi connectivity index (χ2n) is 7.56. The third-order valence-electron chi connectivity index (χ3n) is 6.14. The lowest BCUT2D eigenvalue weighted by molar-refractivity contribution is -0.00353. The highest BCUT2D eigenvalue weighted by atomic mass is 19.2. The minimum absolute atomic E-state index is 0.276. The Bertz CT molecular complexity index is 294. The fourth-order valence-electron chi connectivity index (χ4n) is 4.56. The highest BCUT2D eigenvalue weighted by molar-refractivity contribution is 4.86. The molecule has 0 heterocycles. The number of alkyl halides is 2. The molecule has 0 aromatic carbocycles. The summed E-state index contributed by atoms with van der Waals surface area (Å²) in [5, 5.41) is 9.24. The maximum Gasteiger partial charge on any atom is 0.157 e. The lowest BCUT2D eigenvalue weighted by Crippen LogP contribution is -2.38. The van der Waals surface area contributed by atoms with Crippen molar-refractivity contribution in [3.63, 3.8) is 0 Å². The Balaban J connectivity index is 1.79. The molecular formula is C18H32F2O. The molecule has 2 aliphatic rings. The molecule has 0 bridgehead atoms. The van der Waals surface area contributed by atoms with Gasteiger partial charge in [0.15, 0.2) is 6.17 Å². The normalized spacial score (nSPS) is 34.1. The van der Waals surface area contributed by atoms with Gasteiger partial charge in [0, 0.05) is 0 Å². The number of halogens is 2. The van der Waals surface area contributed by atoms with E-state index in [0.29, 0.717) is 0 Å². The second kappa shape index (κ2) is 7.89. The minimum Gasteiger partial charge on any atom is -0.390 e. The largest absolute Gasteiger partial charge is 0.390 e. The van der Waals surface area contributed by atoms with E-state index in [-0.39, 0.29) is 11.8 Å². The minimum atomic E-state index is -1.74. The molecule has 2 saturated carbocycles. The van der Waals surface area contributed by atoms with Crippen LogP contribution in [0, 0.1) is 23.7 Å². The molecule has 0 spiro atoms. The van der Waals surface area contributed by atoms with E-state index in [1.54, 1.807) is 0 Å². The van der Waals surface area contributed by atoms with E-state index in [1.807, 2.05) is 6.92 Å². The lowest BCUT2D eigenvalue weighted by atomic mass is 9.68. The molecule has 0 saturated heterocycles. The first-order chi connectivity index (χ1) is 10.0. The lowest BCUT2D eigenvalue weighted by Gasteiger charge is -2.38. The van der Waals surface area contributed by atoms with Crippen LogP contribution >= 0.6 is 0 Å². The summed E-state index contributed by atoms with van der Waals surface area (Å²) in [5.74, 6) is 1.73. The molecule has 0 aliphatic heterocycles. The molecule has 3 heteroatoms. The summed E-state index contributed by atoms with van der Waals surface area (Å²) in [6.07, 6.45) is 6.90. The van der Waals surface area contributed by atoms with Crippen molar-refractivity contribution in [2.24, 2.45) is 23.7 Å². The molecule has 0 aromatic rings. The van der Waals surface area contributed by atoms with Gasteiger partial charge in [-0.05, 0) is 56.3 Å². The van der Waals surface area contributed by atoms with E-state index in [4.69, 9.17) is 0 Å². The van der Waals surface area contributed by atoms with Crippen molar-refractivity contribution in [1.82, 2.24) is 0 Å². The van der Waals surface area contributed by atoms with Gasteiger partial charge in [-0.2, -0.15) is 0 Å². The number of hydrogen-bond acceptors (Lipinski definition) is 1. The standard InChI is InChI=1S/C18H32F2O/c1-12(17(19)18(20)13(2)21)14-8-10-16(11-9-14)15-6-4-3-5-7-15/h12-18,21H,3-11H2,1-2H3. The molecule has 2 rings (SSSR count). The van der Waals surface area contributed by atoms with Crippen LogP contribution in [0.1, 0.15) is 71.6 Å². The maximum absolute atomic E-state index is 14.1. The van der Waals surface area contributed by atoms with Crippen molar-refractivity contribution in [3.05, 3.63) is 0 Å². The molecule has 1 N–H and O–H groups in total. The first-order valence-corrected chi connectivity index (χ1v) is 8.97. The fourth-order valence-corrected chi connectivity index (χ4v) is 4.56. The van der Waals surface area contributed by atoms with Crippen molar-refractivity contribution in [2.75, 3.05) is 0 Å². The Labute approximate surface area is 128 Å². The maximum atomic E-state index is 14.1. The molecule has 2 aliphatic carbocycles. The summed E-state index contributed by atoms with van der Waals surface area (Å²) in [6.45, 7) is 3.16. The summed E-state index contributed by atoms with van der Waals surface area (Å²) in [5.41, 5.74) is 0. The zero-order valence-electron chi connectivity index (χ0n) is 13.6. The molecule has 21 heavy (non-hydrogen) atoms. The van der Waals surface area contributed by atoms with Gasteiger partial charge in [-0.3, -0.25) is 0 Å². The van der Waals surface area contributed by atoms with Gasteiger partial charge < -0.3 is 5.11 Å². The number of rotatable bonds is 5. The average Bonchev–Trinajstić information content (AvgIpc) is 2.53. The van der Waals surface area contributed by atoms with Crippen LogP contribution in [0.5, 0.6) is 0 Å². The molecule has 2 fully saturated rings. The Morgan fingerprint density at radius 2 is 1.29 bits per heavy atom. The Hall–Kier alpha value is -0.180. The van der Waals surface area contributed by atoms with E-state index in [2.05, 4.69) is 0 Å². The summed E-state index contributed by atoms with van der Waals surface area (Å²) < 4.78 is 27.8. The van der Waals surface area contributed by atoms with E-state index >= 15 is 0 Å². The van der Waals surface area contributed by atoms with Gasteiger partial charge in [0.1, 0.15) is 6.17 Å². The molecule has 124 valence electrons. The van der Waals surface area contributed by atoms with Crippen molar-refractivity contribution in [3.8, 4) is 0 Å². The van der Waals surface area contributed by atoms with Crippen molar-refractivity contribution in [1.29, 1.82) is 0 Å². The van der Waals surface area contributed by atoms with Crippen LogP contribution in [-0.4, -0.2) is 23.6 Å². The zero-order valence-corrected chi connectivity index (χ0v) is 13.6. The fraction of sp³-hybridized carbons (Fsp3) is 1.00. The Morgan fingerprint density at radius 1 is 0.762 bits per heavy atom. The van der Waals surface area contributed by atoms with Gasteiger partial charge in [-0.15, -0.1) is 0 Å². The van der Waals surface area contributed by atoms with Crippen LogP contribution in [0.15, 0.2) is 0 Å². The monoisotopic (exact) mass is 302 g/mol. The summed E-state index contributed by atoms with van der Waals surface area (Å²) in [7, 11) is 0. The predicted octanol–water partition coefficient (Wildman–Crippen LogP) is 5.07. The zero-order chi connectivity index (χ0) is 15.4. The van der Waals surface area contributed by atoms with Gasteiger partial charge in [-0.25, -0.2) is 8.78 Å². The van der Waals surface area contributed by atoms with E-state index in [9.17, 15) is 13.9 Å². The predicted molar refractivity (Wildman–Crippen MR) is 82.7 cm³/mol. The van der Waals surface area contributed by atoms with Crippen LogP contribution in [0.25, 0.3) is 0 Å². The van der Waals surface area contributed by atoms with Gasteiger partial charge in [0.25, 0.3) is 0 Å². The average molecular weight is 302 g/mol. The van der Waals surface area contributed by atoms with Crippen molar-refractivity contribution >= 4 is 0 Å². The van der Waals surface area contributed by atoms with Crippen LogP contribution in [-0.2, 0) is 0 Å². The number of aliphatic hydroxyl groups excluding tert-OH is 1. The molecule has 4 atom stereocenters. The van der Waals surface area contributed by atoms with Crippen molar-refractivity contribution < 1.29 is 13.9 Å². The third-order valence-corrected chi connectivity index (χ3v) is 6.14. The Morgan fingerprint density at radius 3 is 1.81 bits per heavy atom. The van der Waals surface area contributed by atoms with E-state index < -0.39 is 18.4 Å². The van der Waals surface area contributed by atoms with E-state index in [1.165, 1.54) is 51.9 Å². The van der Waals surface area contributed by atoms with Gasteiger partial charge in [0.05, 0.1) is 6.10 Å². The van der Waals surface area contributed by atoms with Crippen molar-refractivity contribution in [2.45, 2.75) is 90.1 Å². The van der Waals surface area contributed by atoms with E-state index in [0.717, 1.165) is 24.7 Å². The molecule has 4 unspecified atom stereocenters. The van der Waals surface area contributed by atoms with Gasteiger partial charge in [-0.1, -0.05) is 39.0 Å². The van der Waals surface area contributed by atoms with Crippen LogP contribution in [0.2, 0.25) is 0 Å². The SMILES string of the molecule is CC(O)C(F)C(F)C(C)C1CCC(C2CCCCC2)CC1. The first-order valence-electron chi connectivity index (χ1n) is 8.97. The van der Waals surface area contributed by atoms with Crippen LogP contribution < -0.4 is 0 Å². The topological polar surface area (TPSA) is 20.2 Å². The van der Waals surface area contributed by atoms with Gasteiger partial charge >= 0.3 is 0 Å². The molecule has 0 radical (unpaired) electrons. The van der Waals surface area contributed by atoms with Crippen LogP contribution in [0.3, 0.4) is 0 Å². The molecule has 1 nitrogen and oxygen atoms in total. The summed E-state index contributed by atoms with van der Waals surface area (Å²) >= 11 is 0. The third kappa shape index (κ3) is 4.40. The highest BCUT2D eigenvalue weighted by Gasteiger charge is 2.37.